The zero-order valence-corrected chi connectivity index (χ0v) is 13.1. The highest BCUT2D eigenvalue weighted by Crippen LogP contribution is 2.27. The summed E-state index contributed by atoms with van der Waals surface area (Å²) in [5, 5.41) is 5.58. The number of imidazole rings is 1. The lowest BCUT2D eigenvalue weighted by Gasteiger charge is -2.25. The molecule has 5 nitrogen and oxygen atoms in total. The molecule has 0 spiro atoms. The van der Waals surface area contributed by atoms with Crippen LogP contribution in [0, 0.1) is 0 Å². The summed E-state index contributed by atoms with van der Waals surface area (Å²) in [6, 6.07) is 0. The maximum absolute atomic E-state index is 11.4. The van der Waals surface area contributed by atoms with E-state index >= 15 is 0 Å². The number of anilines is 1. The predicted octanol–water partition coefficient (Wildman–Crippen LogP) is 1.66. The molecule has 1 aliphatic heterocycles. The number of hydrogen-bond acceptors (Lipinski definition) is 5. The number of hydrogen-bond donors (Lipinski definition) is 0. The fourth-order valence-electron chi connectivity index (χ4n) is 2.01. The summed E-state index contributed by atoms with van der Waals surface area (Å²) >= 11 is 1.61. The van der Waals surface area contributed by atoms with E-state index in [2.05, 4.69) is 35.8 Å². The van der Waals surface area contributed by atoms with Gasteiger partial charge in [0.15, 0.2) is 0 Å². The molecule has 0 N–H and O–H groups in total. The summed E-state index contributed by atoms with van der Waals surface area (Å²) in [5.41, 5.74) is 1.12. The van der Waals surface area contributed by atoms with Crippen LogP contribution in [0.5, 0.6) is 0 Å². The molecule has 2 aromatic rings. The number of nitrogens with zero attached hydrogens (tertiary/aromatic N) is 4. The lowest BCUT2D eigenvalue weighted by atomic mass is 9.93. The van der Waals surface area contributed by atoms with E-state index in [1.165, 1.54) is 0 Å². The Morgan fingerprint density at radius 1 is 1.32 bits per heavy atom. The zero-order chi connectivity index (χ0) is 13.6. The lowest BCUT2D eigenvalue weighted by Crippen LogP contribution is -2.37. The van der Waals surface area contributed by atoms with E-state index in [-0.39, 0.29) is 5.41 Å². The molecule has 3 heterocycles. The molecular formula is C12H18N4OS2. The highest BCUT2D eigenvalue weighted by molar-refractivity contribution is 7.85. The molecule has 0 atom stereocenters. The van der Waals surface area contributed by atoms with Gasteiger partial charge in [0.1, 0.15) is 0 Å². The smallest absolute Gasteiger partial charge is 0.214 e. The average molecular weight is 298 g/mol. The van der Waals surface area contributed by atoms with E-state index in [9.17, 15) is 4.21 Å². The SMILES string of the molecule is CC(C)(C)c1cn2nc(N3CCS(=O)CC3)sc2n1. The van der Waals surface area contributed by atoms with Crippen LogP contribution in [0.2, 0.25) is 0 Å². The largest absolute Gasteiger partial charge is 0.345 e. The van der Waals surface area contributed by atoms with Crippen LogP contribution in [0.4, 0.5) is 5.13 Å². The van der Waals surface area contributed by atoms with Crippen LogP contribution < -0.4 is 4.90 Å². The molecule has 0 bridgehead atoms. The van der Waals surface area contributed by atoms with Crippen molar-refractivity contribution < 1.29 is 4.21 Å². The van der Waals surface area contributed by atoms with Crippen LogP contribution in [0.15, 0.2) is 6.20 Å². The molecule has 3 rings (SSSR count). The Balaban J connectivity index is 1.87. The van der Waals surface area contributed by atoms with Gasteiger partial charge in [0.2, 0.25) is 10.1 Å². The molecule has 0 amide bonds. The first-order chi connectivity index (χ1) is 8.93. The van der Waals surface area contributed by atoms with Crippen molar-refractivity contribution in [1.29, 1.82) is 0 Å². The molecule has 0 saturated carbocycles. The van der Waals surface area contributed by atoms with E-state index in [0.717, 1.165) is 40.4 Å². The number of aromatic nitrogens is 3. The molecule has 0 radical (unpaired) electrons. The normalized spacial score (nSPS) is 18.4. The van der Waals surface area contributed by atoms with Crippen LogP contribution in [0.3, 0.4) is 0 Å². The Kier molecular flexibility index (Phi) is 3.13. The van der Waals surface area contributed by atoms with Crippen molar-refractivity contribution in [3.8, 4) is 0 Å². The van der Waals surface area contributed by atoms with Crippen molar-refractivity contribution in [2.75, 3.05) is 29.5 Å². The minimum Gasteiger partial charge on any atom is -0.345 e. The third-order valence-electron chi connectivity index (χ3n) is 3.25. The predicted molar refractivity (Wildman–Crippen MR) is 79.7 cm³/mol. The molecule has 0 aromatic carbocycles. The van der Waals surface area contributed by atoms with Gasteiger partial charge in [0.25, 0.3) is 0 Å². The third kappa shape index (κ3) is 2.53. The second-order valence-electron chi connectivity index (χ2n) is 5.82. The van der Waals surface area contributed by atoms with Gasteiger partial charge in [-0.3, -0.25) is 4.21 Å². The lowest BCUT2D eigenvalue weighted by molar-refractivity contribution is 0.572. The minimum atomic E-state index is -0.646. The van der Waals surface area contributed by atoms with E-state index in [4.69, 9.17) is 0 Å². The summed E-state index contributed by atoms with van der Waals surface area (Å²) in [7, 11) is -0.646. The fraction of sp³-hybridized carbons (Fsp3) is 0.667. The Morgan fingerprint density at radius 2 is 2.00 bits per heavy atom. The molecule has 0 unspecified atom stereocenters. The zero-order valence-electron chi connectivity index (χ0n) is 11.4. The molecular weight excluding hydrogens is 280 g/mol. The van der Waals surface area contributed by atoms with Crippen LogP contribution in [-0.2, 0) is 16.2 Å². The summed E-state index contributed by atoms with van der Waals surface area (Å²) in [5.74, 6) is 1.49. The van der Waals surface area contributed by atoms with Crippen molar-refractivity contribution >= 4 is 32.2 Å². The van der Waals surface area contributed by atoms with Gasteiger partial charge in [0.05, 0.1) is 11.9 Å². The summed E-state index contributed by atoms with van der Waals surface area (Å²) in [4.78, 5) is 7.79. The first-order valence-corrected chi connectivity index (χ1v) is 8.70. The van der Waals surface area contributed by atoms with Gasteiger partial charge in [0, 0.05) is 40.8 Å². The van der Waals surface area contributed by atoms with Crippen molar-refractivity contribution in [1.82, 2.24) is 14.6 Å². The highest BCUT2D eigenvalue weighted by Gasteiger charge is 2.22. The Morgan fingerprint density at radius 3 is 2.58 bits per heavy atom. The van der Waals surface area contributed by atoms with Crippen molar-refractivity contribution in [2.24, 2.45) is 0 Å². The van der Waals surface area contributed by atoms with Crippen LogP contribution in [0.25, 0.3) is 4.96 Å². The molecule has 1 saturated heterocycles. The topological polar surface area (TPSA) is 50.5 Å². The number of rotatable bonds is 1. The van der Waals surface area contributed by atoms with Gasteiger partial charge >= 0.3 is 0 Å². The van der Waals surface area contributed by atoms with Gasteiger partial charge in [-0.15, -0.1) is 5.10 Å². The van der Waals surface area contributed by atoms with Gasteiger partial charge in [-0.2, -0.15) is 0 Å². The third-order valence-corrected chi connectivity index (χ3v) is 5.51. The van der Waals surface area contributed by atoms with Crippen molar-refractivity contribution in [3.63, 3.8) is 0 Å². The second kappa shape index (κ2) is 4.56. The van der Waals surface area contributed by atoms with Gasteiger partial charge in [-0.05, 0) is 0 Å². The quantitative estimate of drug-likeness (QED) is 0.803. The van der Waals surface area contributed by atoms with Crippen LogP contribution >= 0.6 is 11.3 Å². The second-order valence-corrected chi connectivity index (χ2v) is 8.45. The molecule has 1 fully saturated rings. The molecule has 7 heteroatoms. The van der Waals surface area contributed by atoms with E-state index in [1.54, 1.807) is 11.3 Å². The first-order valence-electron chi connectivity index (χ1n) is 6.40. The maximum atomic E-state index is 11.4. The number of fused-ring (bicyclic) bond motifs is 1. The molecule has 104 valence electrons. The fourth-order valence-corrected chi connectivity index (χ4v) is 3.99. The minimum absolute atomic E-state index is 0.0512. The van der Waals surface area contributed by atoms with Gasteiger partial charge < -0.3 is 4.90 Å². The van der Waals surface area contributed by atoms with Crippen LogP contribution in [-0.4, -0.2) is 43.4 Å². The van der Waals surface area contributed by atoms with Crippen LogP contribution in [0.1, 0.15) is 26.5 Å². The maximum Gasteiger partial charge on any atom is 0.214 e. The van der Waals surface area contributed by atoms with E-state index in [1.807, 2.05) is 10.7 Å². The molecule has 1 aliphatic rings. The Bertz CT molecular complexity index is 584. The monoisotopic (exact) mass is 298 g/mol. The summed E-state index contributed by atoms with van der Waals surface area (Å²) in [6.07, 6.45) is 2.01. The Hall–Kier alpha value is -0.950. The van der Waals surface area contributed by atoms with Gasteiger partial charge in [-0.1, -0.05) is 32.1 Å². The highest BCUT2D eigenvalue weighted by atomic mass is 32.2. The summed E-state index contributed by atoms with van der Waals surface area (Å²) in [6.45, 7) is 8.12. The average Bonchev–Trinajstić information content (AvgIpc) is 2.86. The standard InChI is InChI=1S/C12H18N4OS2/c1-12(2,3)9-8-16-10(13-9)18-11(14-16)15-4-6-19(17)7-5-15/h8H,4-7H2,1-3H3. The van der Waals surface area contributed by atoms with E-state index < -0.39 is 10.8 Å². The summed E-state index contributed by atoms with van der Waals surface area (Å²) < 4.78 is 13.2. The molecule has 2 aromatic heterocycles. The molecule has 0 aliphatic carbocycles. The first kappa shape index (κ1) is 13.1. The van der Waals surface area contributed by atoms with Gasteiger partial charge in [-0.25, -0.2) is 9.50 Å². The van der Waals surface area contributed by atoms with E-state index in [0.29, 0.717) is 0 Å². The van der Waals surface area contributed by atoms with Crippen molar-refractivity contribution in [3.05, 3.63) is 11.9 Å². The Labute approximate surface area is 119 Å². The molecule has 19 heavy (non-hydrogen) atoms. The van der Waals surface area contributed by atoms with Crippen molar-refractivity contribution in [2.45, 2.75) is 26.2 Å².